The van der Waals surface area contributed by atoms with Crippen LogP contribution in [0.15, 0.2) is 18.2 Å². The van der Waals surface area contributed by atoms with E-state index in [9.17, 15) is 18.0 Å². The van der Waals surface area contributed by atoms with Gasteiger partial charge in [-0.15, -0.1) is 13.2 Å². The molecule has 0 aliphatic rings. The summed E-state index contributed by atoms with van der Waals surface area (Å²) in [7, 11) is 0. The van der Waals surface area contributed by atoms with Crippen LogP contribution in [0, 0.1) is 0 Å². The van der Waals surface area contributed by atoms with Gasteiger partial charge in [-0.25, -0.2) is 0 Å². The number of halogens is 4. The summed E-state index contributed by atoms with van der Waals surface area (Å²) in [5, 5.41) is 9.11. The lowest BCUT2D eigenvalue weighted by atomic mass is 10.1. The lowest BCUT2D eigenvalue weighted by molar-refractivity contribution is -0.274. The van der Waals surface area contributed by atoms with Gasteiger partial charge in [-0.2, -0.15) is 0 Å². The van der Waals surface area contributed by atoms with Crippen LogP contribution in [-0.4, -0.2) is 17.3 Å². The number of ether oxygens (including phenoxy) is 1. The summed E-state index contributed by atoms with van der Waals surface area (Å²) >= 11 is 2.95. The second-order valence-electron chi connectivity index (χ2n) is 3.24. The summed E-state index contributed by atoms with van der Waals surface area (Å²) < 4.78 is 40.1. The zero-order chi connectivity index (χ0) is 13.2. The van der Waals surface area contributed by atoms with Crippen LogP contribution in [0.5, 0.6) is 11.5 Å². The third-order valence-electron chi connectivity index (χ3n) is 1.85. The Morgan fingerprint density at radius 1 is 1.47 bits per heavy atom. The number of rotatable bonds is 3. The molecule has 0 aromatic heterocycles. The lowest BCUT2D eigenvalue weighted by Crippen LogP contribution is -2.19. The summed E-state index contributed by atoms with van der Waals surface area (Å²) in [6, 6.07) is 3.17. The van der Waals surface area contributed by atoms with Crippen molar-refractivity contribution in [1.29, 1.82) is 0 Å². The van der Waals surface area contributed by atoms with E-state index < -0.39 is 16.9 Å². The number of carbonyl (C=O) groups is 1. The van der Waals surface area contributed by atoms with Crippen molar-refractivity contribution in [1.82, 2.24) is 0 Å². The fourth-order valence-electron chi connectivity index (χ4n) is 1.16. The SMILES string of the molecule is CC(=O)C(Br)c1ccc(O)cc1OC(F)(F)F. The van der Waals surface area contributed by atoms with Gasteiger partial charge in [0.1, 0.15) is 22.1 Å². The van der Waals surface area contributed by atoms with Crippen LogP contribution in [0.2, 0.25) is 0 Å². The smallest absolute Gasteiger partial charge is 0.508 e. The van der Waals surface area contributed by atoms with Gasteiger partial charge in [0.25, 0.3) is 0 Å². The number of hydrogen-bond donors (Lipinski definition) is 1. The maximum absolute atomic E-state index is 12.1. The molecule has 7 heteroatoms. The molecule has 3 nitrogen and oxygen atoms in total. The second kappa shape index (κ2) is 4.95. The van der Waals surface area contributed by atoms with Crippen molar-refractivity contribution in [3.63, 3.8) is 0 Å². The molecule has 0 bridgehead atoms. The standard InChI is InChI=1S/C10H8BrF3O3/c1-5(15)9(11)7-3-2-6(16)4-8(7)17-10(12,13)14/h2-4,9,16H,1H3. The zero-order valence-electron chi connectivity index (χ0n) is 8.58. The van der Waals surface area contributed by atoms with Crippen LogP contribution in [0.25, 0.3) is 0 Å². The average molecular weight is 313 g/mol. The van der Waals surface area contributed by atoms with Crippen LogP contribution in [0.1, 0.15) is 17.3 Å². The Morgan fingerprint density at radius 2 is 2.06 bits per heavy atom. The minimum absolute atomic E-state index is 0.00706. The summed E-state index contributed by atoms with van der Waals surface area (Å²) in [5.74, 6) is -1.35. The van der Waals surface area contributed by atoms with Crippen LogP contribution in [0.3, 0.4) is 0 Å². The molecule has 1 aromatic rings. The first-order chi connectivity index (χ1) is 7.70. The predicted molar refractivity (Wildman–Crippen MR) is 57.1 cm³/mol. The van der Waals surface area contributed by atoms with Crippen molar-refractivity contribution < 1.29 is 27.8 Å². The van der Waals surface area contributed by atoms with E-state index in [2.05, 4.69) is 20.7 Å². The molecule has 0 amide bonds. The first kappa shape index (κ1) is 13.8. The largest absolute Gasteiger partial charge is 0.573 e. The van der Waals surface area contributed by atoms with Gasteiger partial charge in [0.2, 0.25) is 0 Å². The second-order valence-corrected chi connectivity index (χ2v) is 4.16. The van der Waals surface area contributed by atoms with E-state index in [4.69, 9.17) is 5.11 Å². The lowest BCUT2D eigenvalue weighted by Gasteiger charge is -2.15. The number of ketones is 1. The van der Waals surface area contributed by atoms with Gasteiger partial charge in [0, 0.05) is 11.6 Å². The fraction of sp³-hybridized carbons (Fsp3) is 0.300. The van der Waals surface area contributed by atoms with Crippen molar-refractivity contribution in [3.05, 3.63) is 23.8 Å². The van der Waals surface area contributed by atoms with Gasteiger partial charge in [0.05, 0.1) is 0 Å². The molecule has 94 valence electrons. The van der Waals surface area contributed by atoms with Gasteiger partial charge >= 0.3 is 6.36 Å². The summed E-state index contributed by atoms with van der Waals surface area (Å²) in [6.07, 6.45) is -4.88. The van der Waals surface area contributed by atoms with Gasteiger partial charge in [0.15, 0.2) is 0 Å². The zero-order valence-corrected chi connectivity index (χ0v) is 10.2. The maximum atomic E-state index is 12.1. The quantitative estimate of drug-likeness (QED) is 0.871. The van der Waals surface area contributed by atoms with E-state index in [0.29, 0.717) is 0 Å². The topological polar surface area (TPSA) is 46.5 Å². The number of alkyl halides is 4. The molecule has 17 heavy (non-hydrogen) atoms. The predicted octanol–water partition coefficient (Wildman–Crippen LogP) is 3.32. The molecule has 1 rings (SSSR count). The van der Waals surface area contributed by atoms with E-state index in [1.165, 1.54) is 19.1 Å². The molecule has 0 aliphatic carbocycles. The molecular formula is C10H8BrF3O3. The highest BCUT2D eigenvalue weighted by atomic mass is 79.9. The monoisotopic (exact) mass is 312 g/mol. The van der Waals surface area contributed by atoms with Gasteiger partial charge in [-0.05, 0) is 13.0 Å². The normalized spacial score (nSPS) is 13.2. The number of phenolic OH excluding ortho intramolecular Hbond substituents is 1. The van der Waals surface area contributed by atoms with Crippen molar-refractivity contribution in [2.75, 3.05) is 0 Å². The molecule has 0 spiro atoms. The number of carbonyl (C=O) groups excluding carboxylic acids is 1. The molecule has 1 aromatic carbocycles. The van der Waals surface area contributed by atoms with Gasteiger partial charge < -0.3 is 9.84 Å². The van der Waals surface area contributed by atoms with Crippen molar-refractivity contribution in [2.24, 2.45) is 0 Å². The van der Waals surface area contributed by atoms with Crippen molar-refractivity contribution in [3.8, 4) is 11.5 Å². The van der Waals surface area contributed by atoms with Gasteiger partial charge in [-0.1, -0.05) is 22.0 Å². The average Bonchev–Trinajstić information content (AvgIpc) is 2.14. The number of Topliss-reactive ketones (excluding diaryl/α,β-unsaturated/α-hetero) is 1. The minimum Gasteiger partial charge on any atom is -0.508 e. The highest BCUT2D eigenvalue weighted by Gasteiger charge is 2.33. The maximum Gasteiger partial charge on any atom is 0.573 e. The molecule has 0 radical (unpaired) electrons. The molecule has 0 heterocycles. The first-order valence-electron chi connectivity index (χ1n) is 4.44. The summed E-state index contributed by atoms with van der Waals surface area (Å²) in [6.45, 7) is 1.23. The Labute approximate surface area is 103 Å². The number of benzene rings is 1. The third-order valence-corrected chi connectivity index (χ3v) is 2.99. The Kier molecular flexibility index (Phi) is 4.03. The third kappa shape index (κ3) is 3.92. The molecule has 1 unspecified atom stereocenters. The van der Waals surface area contributed by atoms with Crippen LogP contribution in [-0.2, 0) is 4.79 Å². The first-order valence-corrected chi connectivity index (χ1v) is 5.35. The van der Waals surface area contributed by atoms with E-state index >= 15 is 0 Å². The van der Waals surface area contributed by atoms with E-state index in [0.717, 1.165) is 6.07 Å². The Hall–Kier alpha value is -1.24. The number of aromatic hydroxyl groups is 1. The van der Waals surface area contributed by atoms with Crippen LogP contribution in [0.4, 0.5) is 13.2 Å². The molecule has 0 aliphatic heterocycles. The number of hydrogen-bond acceptors (Lipinski definition) is 3. The fourth-order valence-corrected chi connectivity index (χ4v) is 1.54. The van der Waals surface area contributed by atoms with Crippen molar-refractivity contribution in [2.45, 2.75) is 18.1 Å². The molecule has 1 atom stereocenters. The Morgan fingerprint density at radius 3 is 2.53 bits per heavy atom. The molecular weight excluding hydrogens is 305 g/mol. The molecule has 0 fully saturated rings. The number of phenols is 1. The van der Waals surface area contributed by atoms with Crippen molar-refractivity contribution >= 4 is 21.7 Å². The van der Waals surface area contributed by atoms with Gasteiger partial charge in [-0.3, -0.25) is 4.79 Å². The molecule has 0 saturated heterocycles. The summed E-state index contributed by atoms with van der Waals surface area (Å²) in [5.41, 5.74) is 0.00706. The molecule has 1 N–H and O–H groups in total. The minimum atomic E-state index is -4.88. The Bertz CT molecular complexity index is 431. The summed E-state index contributed by atoms with van der Waals surface area (Å²) in [4.78, 5) is 10.2. The highest BCUT2D eigenvalue weighted by Crippen LogP contribution is 2.37. The highest BCUT2D eigenvalue weighted by molar-refractivity contribution is 9.09. The Balaban J connectivity index is 3.17. The van der Waals surface area contributed by atoms with E-state index in [1.54, 1.807) is 0 Å². The van der Waals surface area contributed by atoms with E-state index in [1.807, 2.05) is 0 Å². The van der Waals surface area contributed by atoms with E-state index in [-0.39, 0.29) is 17.1 Å². The van der Waals surface area contributed by atoms with Crippen LogP contribution >= 0.6 is 15.9 Å². The molecule has 0 saturated carbocycles. The van der Waals surface area contributed by atoms with Crippen LogP contribution < -0.4 is 4.74 Å².